The van der Waals surface area contributed by atoms with Crippen LogP contribution in [-0.2, 0) is 4.74 Å². The minimum absolute atomic E-state index is 0.403. The Morgan fingerprint density at radius 3 is 2.65 bits per heavy atom. The van der Waals surface area contributed by atoms with Crippen LogP contribution in [0.25, 0.3) is 0 Å². The summed E-state index contributed by atoms with van der Waals surface area (Å²) in [5, 5.41) is 3.84. The molecule has 2 nitrogen and oxygen atoms in total. The highest BCUT2D eigenvalue weighted by atomic mass is 16.5. The molecule has 2 fully saturated rings. The quantitative estimate of drug-likeness (QED) is 0.780. The summed E-state index contributed by atoms with van der Waals surface area (Å²) in [6.07, 6.45) is 9.71. The zero-order valence-corrected chi connectivity index (χ0v) is 14.1. The summed E-state index contributed by atoms with van der Waals surface area (Å²) in [5.41, 5.74) is 0.403. The lowest BCUT2D eigenvalue weighted by Gasteiger charge is -2.45. The van der Waals surface area contributed by atoms with Gasteiger partial charge < -0.3 is 10.1 Å². The molecule has 0 aromatic carbocycles. The van der Waals surface area contributed by atoms with Crippen molar-refractivity contribution in [2.75, 3.05) is 13.2 Å². The van der Waals surface area contributed by atoms with Gasteiger partial charge >= 0.3 is 0 Å². The molecule has 20 heavy (non-hydrogen) atoms. The molecular weight excluding hydrogens is 246 g/mol. The molecule has 1 heterocycles. The van der Waals surface area contributed by atoms with E-state index >= 15 is 0 Å². The third-order valence-corrected chi connectivity index (χ3v) is 5.55. The molecule has 118 valence electrons. The largest absolute Gasteiger partial charge is 0.378 e. The first kappa shape index (κ1) is 16.3. The molecule has 4 unspecified atom stereocenters. The van der Waals surface area contributed by atoms with E-state index in [1.54, 1.807) is 0 Å². The maximum atomic E-state index is 5.90. The van der Waals surface area contributed by atoms with Crippen molar-refractivity contribution in [2.24, 2.45) is 17.3 Å². The third-order valence-electron chi connectivity index (χ3n) is 5.55. The molecular formula is C18H35NO. The monoisotopic (exact) mass is 281 g/mol. The zero-order valence-electron chi connectivity index (χ0n) is 14.1. The fourth-order valence-electron chi connectivity index (χ4n) is 4.42. The molecule has 0 spiro atoms. The minimum atomic E-state index is 0.403. The standard InChI is InChI=1S/C18H35NO/c1-5-10-19-17-12-14(2)8-9-16(17)18(3,4)13-15-7-6-11-20-15/h14-17,19H,5-13H2,1-4H3. The Kier molecular flexibility index (Phi) is 5.92. The molecule has 0 amide bonds. The Balaban J connectivity index is 1.97. The van der Waals surface area contributed by atoms with E-state index in [1.165, 1.54) is 51.5 Å². The highest BCUT2D eigenvalue weighted by molar-refractivity contribution is 4.93. The first-order valence-electron chi connectivity index (χ1n) is 8.88. The van der Waals surface area contributed by atoms with Gasteiger partial charge in [-0.15, -0.1) is 0 Å². The summed E-state index contributed by atoms with van der Waals surface area (Å²) in [5.74, 6) is 1.70. The van der Waals surface area contributed by atoms with Crippen molar-refractivity contribution in [1.29, 1.82) is 0 Å². The molecule has 2 aliphatic rings. The summed E-state index contributed by atoms with van der Waals surface area (Å²) in [4.78, 5) is 0. The number of ether oxygens (including phenoxy) is 1. The van der Waals surface area contributed by atoms with E-state index < -0.39 is 0 Å². The van der Waals surface area contributed by atoms with Crippen LogP contribution in [0, 0.1) is 17.3 Å². The Hall–Kier alpha value is -0.0800. The van der Waals surface area contributed by atoms with Crippen LogP contribution in [0.3, 0.4) is 0 Å². The van der Waals surface area contributed by atoms with Crippen molar-refractivity contribution in [3.8, 4) is 0 Å². The second kappa shape index (κ2) is 7.26. The van der Waals surface area contributed by atoms with Gasteiger partial charge in [-0.1, -0.05) is 34.1 Å². The Labute approximate surface area is 126 Å². The van der Waals surface area contributed by atoms with Crippen LogP contribution in [0.5, 0.6) is 0 Å². The lowest BCUT2D eigenvalue weighted by Crippen LogP contribution is -2.47. The molecule has 0 bridgehead atoms. The van der Waals surface area contributed by atoms with Gasteiger partial charge in [0.25, 0.3) is 0 Å². The summed E-state index contributed by atoms with van der Waals surface area (Å²) >= 11 is 0. The van der Waals surface area contributed by atoms with Gasteiger partial charge in [0.05, 0.1) is 6.10 Å². The Morgan fingerprint density at radius 2 is 2.00 bits per heavy atom. The van der Waals surface area contributed by atoms with Crippen molar-refractivity contribution in [2.45, 2.75) is 84.8 Å². The third kappa shape index (κ3) is 4.21. The topological polar surface area (TPSA) is 21.3 Å². The Morgan fingerprint density at radius 1 is 1.20 bits per heavy atom. The smallest absolute Gasteiger partial charge is 0.0581 e. The van der Waals surface area contributed by atoms with Crippen LogP contribution in [0.2, 0.25) is 0 Å². The van der Waals surface area contributed by atoms with Crippen LogP contribution < -0.4 is 5.32 Å². The van der Waals surface area contributed by atoms with E-state index in [4.69, 9.17) is 4.74 Å². The minimum Gasteiger partial charge on any atom is -0.378 e. The van der Waals surface area contributed by atoms with Gasteiger partial charge in [-0.3, -0.25) is 0 Å². The highest BCUT2D eigenvalue weighted by Gasteiger charge is 2.40. The van der Waals surface area contributed by atoms with E-state index in [-0.39, 0.29) is 0 Å². The van der Waals surface area contributed by atoms with Gasteiger partial charge in [-0.05, 0) is 62.3 Å². The molecule has 0 aromatic heterocycles. The summed E-state index contributed by atoms with van der Waals surface area (Å²) in [7, 11) is 0. The molecule has 0 radical (unpaired) electrons. The van der Waals surface area contributed by atoms with Crippen molar-refractivity contribution in [1.82, 2.24) is 5.32 Å². The molecule has 1 saturated heterocycles. The molecule has 1 N–H and O–H groups in total. The molecule has 4 atom stereocenters. The Bertz CT molecular complexity index is 283. The lowest BCUT2D eigenvalue weighted by atomic mass is 9.64. The first-order valence-corrected chi connectivity index (χ1v) is 8.88. The maximum Gasteiger partial charge on any atom is 0.0581 e. The molecule has 2 rings (SSSR count). The molecule has 1 aliphatic heterocycles. The van der Waals surface area contributed by atoms with E-state index in [2.05, 4.69) is 33.0 Å². The molecule has 0 aromatic rings. The van der Waals surface area contributed by atoms with Gasteiger partial charge in [0.15, 0.2) is 0 Å². The predicted molar refractivity (Wildman–Crippen MR) is 86.0 cm³/mol. The van der Waals surface area contributed by atoms with Crippen molar-refractivity contribution in [3.63, 3.8) is 0 Å². The van der Waals surface area contributed by atoms with Gasteiger partial charge in [0.2, 0.25) is 0 Å². The second-order valence-electron chi connectivity index (χ2n) is 7.91. The number of hydrogen-bond acceptors (Lipinski definition) is 2. The van der Waals surface area contributed by atoms with E-state index in [9.17, 15) is 0 Å². The summed E-state index contributed by atoms with van der Waals surface area (Å²) in [6.45, 7) is 11.8. The SMILES string of the molecule is CCCNC1CC(C)CCC1C(C)(C)CC1CCCO1. The van der Waals surface area contributed by atoms with Crippen molar-refractivity contribution in [3.05, 3.63) is 0 Å². The van der Waals surface area contributed by atoms with Crippen molar-refractivity contribution >= 4 is 0 Å². The number of hydrogen-bond donors (Lipinski definition) is 1. The number of nitrogens with one attached hydrogen (secondary N) is 1. The highest BCUT2D eigenvalue weighted by Crippen LogP contribution is 2.44. The van der Waals surface area contributed by atoms with Gasteiger partial charge in [-0.25, -0.2) is 0 Å². The van der Waals surface area contributed by atoms with Crippen LogP contribution in [0.15, 0.2) is 0 Å². The maximum absolute atomic E-state index is 5.90. The summed E-state index contributed by atoms with van der Waals surface area (Å²) < 4.78 is 5.90. The van der Waals surface area contributed by atoms with Crippen LogP contribution in [0.1, 0.15) is 72.6 Å². The van der Waals surface area contributed by atoms with E-state index in [0.717, 1.165) is 24.5 Å². The normalized spacial score (nSPS) is 35.4. The van der Waals surface area contributed by atoms with E-state index in [0.29, 0.717) is 11.5 Å². The van der Waals surface area contributed by atoms with Crippen LogP contribution in [0.4, 0.5) is 0 Å². The second-order valence-corrected chi connectivity index (χ2v) is 7.91. The first-order chi connectivity index (χ1) is 9.53. The van der Waals surface area contributed by atoms with Crippen molar-refractivity contribution < 1.29 is 4.74 Å². The van der Waals surface area contributed by atoms with Gasteiger partial charge in [0, 0.05) is 12.6 Å². The fraction of sp³-hybridized carbons (Fsp3) is 1.00. The number of rotatable bonds is 6. The predicted octanol–water partition coefficient (Wildman–Crippen LogP) is 4.39. The average molecular weight is 281 g/mol. The van der Waals surface area contributed by atoms with Gasteiger partial charge in [-0.2, -0.15) is 0 Å². The lowest BCUT2D eigenvalue weighted by molar-refractivity contribution is 0.0223. The van der Waals surface area contributed by atoms with Crippen LogP contribution >= 0.6 is 0 Å². The van der Waals surface area contributed by atoms with E-state index in [1.807, 2.05) is 0 Å². The van der Waals surface area contributed by atoms with Gasteiger partial charge in [0.1, 0.15) is 0 Å². The summed E-state index contributed by atoms with van der Waals surface area (Å²) in [6, 6.07) is 0.718. The fourth-order valence-corrected chi connectivity index (χ4v) is 4.42. The average Bonchev–Trinajstić information content (AvgIpc) is 2.88. The zero-order chi connectivity index (χ0) is 14.6. The molecule has 1 aliphatic carbocycles. The molecule has 2 heteroatoms. The molecule has 1 saturated carbocycles. The van der Waals surface area contributed by atoms with Crippen LogP contribution in [-0.4, -0.2) is 25.3 Å².